The van der Waals surface area contributed by atoms with Crippen molar-refractivity contribution in [1.82, 2.24) is 0 Å². The fourth-order valence-electron chi connectivity index (χ4n) is 2.61. The molecule has 0 saturated heterocycles. The molecule has 0 saturated carbocycles. The van der Waals surface area contributed by atoms with Crippen molar-refractivity contribution in [2.75, 3.05) is 10.0 Å². The van der Waals surface area contributed by atoms with E-state index in [4.69, 9.17) is 5.26 Å². The molecule has 3 aromatic carbocycles. The number of nitrogens with zero attached hydrogens (tertiary/aromatic N) is 1. The van der Waals surface area contributed by atoms with Crippen molar-refractivity contribution in [1.29, 1.82) is 5.26 Å². The number of hydrogen-bond acceptors (Lipinski definition) is 4. The lowest BCUT2D eigenvalue weighted by Crippen LogP contribution is -2.17. The molecular weight excluding hydrogens is 393 g/mol. The van der Waals surface area contributed by atoms with Crippen molar-refractivity contribution in [3.05, 3.63) is 89.2 Å². The monoisotopic (exact) mass is 409 g/mol. The molecule has 3 rings (SSSR count). The summed E-state index contributed by atoms with van der Waals surface area (Å²) in [5.74, 6) is -1.15. The number of nitrogens with one attached hydrogen (secondary N) is 2. The quantitative estimate of drug-likeness (QED) is 0.664. The van der Waals surface area contributed by atoms with E-state index in [1.165, 1.54) is 48.5 Å². The molecule has 0 unspecified atom stereocenters. The first-order valence-corrected chi connectivity index (χ1v) is 9.98. The summed E-state index contributed by atoms with van der Waals surface area (Å²) in [6.45, 7) is 1.60. The zero-order valence-electron chi connectivity index (χ0n) is 15.3. The normalized spacial score (nSPS) is 10.8. The minimum absolute atomic E-state index is 0.0848. The Morgan fingerprint density at radius 2 is 1.72 bits per heavy atom. The van der Waals surface area contributed by atoms with Gasteiger partial charge in [0.2, 0.25) is 0 Å². The summed E-state index contributed by atoms with van der Waals surface area (Å²) in [7, 11) is -4.08. The van der Waals surface area contributed by atoms with Gasteiger partial charge in [-0.1, -0.05) is 18.2 Å². The van der Waals surface area contributed by atoms with Crippen LogP contribution in [-0.4, -0.2) is 14.3 Å². The smallest absolute Gasteiger partial charge is 0.262 e. The maximum Gasteiger partial charge on any atom is 0.262 e. The fraction of sp³-hybridized carbons (Fsp3) is 0.0476. The number of para-hydroxylation sites is 1. The first-order valence-electron chi connectivity index (χ1n) is 8.50. The Balaban J connectivity index is 1.86. The Morgan fingerprint density at radius 1 is 1.03 bits per heavy atom. The molecule has 0 fully saturated rings. The highest BCUT2D eigenvalue weighted by Gasteiger charge is 2.19. The summed E-state index contributed by atoms with van der Waals surface area (Å²) in [6, 6.07) is 17.9. The zero-order chi connectivity index (χ0) is 21.0. The van der Waals surface area contributed by atoms with Gasteiger partial charge in [-0.2, -0.15) is 5.26 Å². The predicted octanol–water partition coefficient (Wildman–Crippen LogP) is 4.06. The average Bonchev–Trinajstić information content (AvgIpc) is 2.71. The third kappa shape index (κ3) is 4.59. The van der Waals surface area contributed by atoms with Gasteiger partial charge in [-0.3, -0.25) is 9.52 Å². The third-order valence-electron chi connectivity index (χ3n) is 4.13. The van der Waals surface area contributed by atoms with Gasteiger partial charge in [0.15, 0.2) is 0 Å². The lowest BCUT2D eigenvalue weighted by atomic mass is 10.1. The van der Waals surface area contributed by atoms with Crippen molar-refractivity contribution < 1.29 is 17.6 Å². The number of halogens is 1. The summed E-state index contributed by atoms with van der Waals surface area (Å²) in [4.78, 5) is 12.3. The van der Waals surface area contributed by atoms with E-state index >= 15 is 0 Å². The molecule has 0 heterocycles. The van der Waals surface area contributed by atoms with Crippen molar-refractivity contribution in [3.63, 3.8) is 0 Å². The van der Waals surface area contributed by atoms with Crippen LogP contribution < -0.4 is 10.0 Å². The number of sulfonamides is 1. The number of amides is 1. The second-order valence-electron chi connectivity index (χ2n) is 6.21. The number of benzene rings is 3. The highest BCUT2D eigenvalue weighted by molar-refractivity contribution is 7.92. The molecule has 1 amide bonds. The maximum absolute atomic E-state index is 13.8. The van der Waals surface area contributed by atoms with E-state index in [1.54, 1.807) is 19.1 Å². The zero-order valence-corrected chi connectivity index (χ0v) is 16.1. The van der Waals surface area contributed by atoms with E-state index in [-0.39, 0.29) is 16.3 Å². The van der Waals surface area contributed by atoms with Gasteiger partial charge in [0.05, 0.1) is 22.2 Å². The van der Waals surface area contributed by atoms with Crippen molar-refractivity contribution in [2.24, 2.45) is 0 Å². The Labute approximate surface area is 167 Å². The molecule has 0 atom stereocenters. The van der Waals surface area contributed by atoms with Gasteiger partial charge in [-0.25, -0.2) is 12.8 Å². The highest BCUT2D eigenvalue weighted by Crippen LogP contribution is 2.24. The molecule has 0 aromatic heterocycles. The predicted molar refractivity (Wildman–Crippen MR) is 107 cm³/mol. The number of hydrogen-bond donors (Lipinski definition) is 2. The third-order valence-corrected chi connectivity index (χ3v) is 5.64. The van der Waals surface area contributed by atoms with Crippen molar-refractivity contribution >= 4 is 27.3 Å². The second-order valence-corrected chi connectivity index (χ2v) is 7.86. The van der Waals surface area contributed by atoms with Crippen LogP contribution >= 0.6 is 0 Å². The van der Waals surface area contributed by atoms with Crippen LogP contribution in [0.4, 0.5) is 15.8 Å². The number of nitriles is 1. The van der Waals surface area contributed by atoms with E-state index in [0.717, 1.165) is 6.07 Å². The molecule has 0 bridgehead atoms. The van der Waals surface area contributed by atoms with Gasteiger partial charge >= 0.3 is 0 Å². The van der Waals surface area contributed by atoms with Crippen LogP contribution in [0.25, 0.3) is 0 Å². The first-order chi connectivity index (χ1) is 13.8. The van der Waals surface area contributed by atoms with Crippen LogP contribution in [-0.2, 0) is 10.0 Å². The summed E-state index contributed by atoms with van der Waals surface area (Å²) in [5, 5.41) is 11.4. The largest absolute Gasteiger partial charge is 0.322 e. The van der Waals surface area contributed by atoms with E-state index in [1.807, 2.05) is 6.07 Å². The Morgan fingerprint density at radius 3 is 2.38 bits per heavy atom. The van der Waals surface area contributed by atoms with Gasteiger partial charge in [0.25, 0.3) is 15.9 Å². The molecule has 8 heteroatoms. The van der Waals surface area contributed by atoms with E-state index in [0.29, 0.717) is 16.7 Å². The standard InChI is InChI=1S/C21H16FN3O3S/c1-14-6-11-17(24-21(26)16-9-7-15(13-23)8-10-16)12-20(14)29(27,28)25-19-5-3-2-4-18(19)22/h2-12,25H,1H3,(H,24,26). The topological polar surface area (TPSA) is 99.1 Å². The lowest BCUT2D eigenvalue weighted by Gasteiger charge is -2.13. The van der Waals surface area contributed by atoms with Gasteiger partial charge in [-0.05, 0) is 61.0 Å². The van der Waals surface area contributed by atoms with Crippen LogP contribution in [0.15, 0.2) is 71.6 Å². The van der Waals surface area contributed by atoms with E-state index in [9.17, 15) is 17.6 Å². The summed E-state index contributed by atoms with van der Waals surface area (Å²) in [5.41, 5.74) is 1.27. The molecular formula is C21H16FN3O3S. The molecule has 0 aliphatic rings. The average molecular weight is 409 g/mol. The molecule has 3 aromatic rings. The maximum atomic E-state index is 13.8. The molecule has 2 N–H and O–H groups in total. The minimum atomic E-state index is -4.08. The molecule has 146 valence electrons. The number of anilines is 2. The number of carbonyl (C=O) groups is 1. The van der Waals surface area contributed by atoms with Gasteiger partial charge < -0.3 is 5.32 Å². The summed E-state index contributed by atoms with van der Waals surface area (Å²) >= 11 is 0. The van der Waals surface area contributed by atoms with Crippen molar-refractivity contribution in [3.8, 4) is 6.07 Å². The Kier molecular flexibility index (Phi) is 5.61. The van der Waals surface area contributed by atoms with Crippen LogP contribution in [0.2, 0.25) is 0 Å². The number of aryl methyl sites for hydroxylation is 1. The molecule has 29 heavy (non-hydrogen) atoms. The molecule has 6 nitrogen and oxygen atoms in total. The first kappa shape index (κ1) is 20.0. The molecule has 0 aliphatic carbocycles. The number of carbonyl (C=O) groups excluding carboxylic acids is 1. The molecule has 0 spiro atoms. The van der Waals surface area contributed by atoms with E-state index in [2.05, 4.69) is 10.0 Å². The van der Waals surface area contributed by atoms with E-state index < -0.39 is 21.7 Å². The van der Waals surface area contributed by atoms with Crippen LogP contribution in [0.3, 0.4) is 0 Å². The van der Waals surface area contributed by atoms with Crippen LogP contribution in [0, 0.1) is 24.1 Å². The van der Waals surface area contributed by atoms with Gasteiger partial charge in [0.1, 0.15) is 5.82 Å². The molecule has 0 radical (unpaired) electrons. The van der Waals surface area contributed by atoms with Crippen molar-refractivity contribution in [2.45, 2.75) is 11.8 Å². The number of rotatable bonds is 5. The Bertz CT molecular complexity index is 1220. The second kappa shape index (κ2) is 8.12. The minimum Gasteiger partial charge on any atom is -0.322 e. The fourth-order valence-corrected chi connectivity index (χ4v) is 3.95. The van der Waals surface area contributed by atoms with Gasteiger partial charge in [0, 0.05) is 11.3 Å². The lowest BCUT2D eigenvalue weighted by molar-refractivity contribution is 0.102. The SMILES string of the molecule is Cc1ccc(NC(=O)c2ccc(C#N)cc2)cc1S(=O)(=O)Nc1ccccc1F. The van der Waals surface area contributed by atoms with Crippen LogP contribution in [0.5, 0.6) is 0 Å². The Hall–Kier alpha value is -3.70. The summed E-state index contributed by atoms with van der Waals surface area (Å²) in [6.07, 6.45) is 0. The molecule has 0 aliphatic heterocycles. The summed E-state index contributed by atoms with van der Waals surface area (Å²) < 4.78 is 41.5. The highest BCUT2D eigenvalue weighted by atomic mass is 32.2. The van der Waals surface area contributed by atoms with Gasteiger partial charge in [-0.15, -0.1) is 0 Å². The van der Waals surface area contributed by atoms with Crippen LogP contribution in [0.1, 0.15) is 21.5 Å².